The summed E-state index contributed by atoms with van der Waals surface area (Å²) in [5.74, 6) is 4.67. The molecule has 2 aromatic rings. The van der Waals surface area contributed by atoms with E-state index in [0.717, 1.165) is 21.5 Å². The Kier molecular flexibility index (Phi) is 5.03. The van der Waals surface area contributed by atoms with Gasteiger partial charge >= 0.3 is 6.18 Å². The van der Waals surface area contributed by atoms with Crippen LogP contribution in [-0.2, 0) is 12.6 Å². The second-order valence-electron chi connectivity index (χ2n) is 4.35. The zero-order chi connectivity index (χ0) is 15.6. The van der Waals surface area contributed by atoms with Crippen LogP contribution in [0, 0.1) is 5.82 Å². The van der Waals surface area contributed by atoms with Gasteiger partial charge in [0.05, 0.1) is 11.6 Å². The Morgan fingerprint density at radius 1 is 1.29 bits per heavy atom. The van der Waals surface area contributed by atoms with E-state index in [1.807, 2.05) is 11.4 Å². The van der Waals surface area contributed by atoms with Crippen molar-refractivity contribution in [2.75, 3.05) is 0 Å². The lowest BCUT2D eigenvalue weighted by Crippen LogP contribution is -2.30. The standard InChI is InChI=1S/C13H11BrF4N2S/c14-9-3-4-21-12(9)6-11(20-19)8-5-7(13(16,17)18)1-2-10(8)15/h1-5,11,20H,6,19H2. The van der Waals surface area contributed by atoms with E-state index in [1.165, 1.54) is 11.3 Å². The Bertz CT molecular complexity index is 627. The Morgan fingerprint density at radius 2 is 2.00 bits per heavy atom. The highest BCUT2D eigenvalue weighted by Crippen LogP contribution is 2.34. The topological polar surface area (TPSA) is 38.0 Å². The molecule has 1 aromatic carbocycles. The largest absolute Gasteiger partial charge is 0.416 e. The Morgan fingerprint density at radius 3 is 2.52 bits per heavy atom. The molecule has 21 heavy (non-hydrogen) atoms. The normalized spacial score (nSPS) is 13.4. The summed E-state index contributed by atoms with van der Waals surface area (Å²) in [5.41, 5.74) is 1.38. The zero-order valence-corrected chi connectivity index (χ0v) is 12.9. The van der Waals surface area contributed by atoms with E-state index in [-0.39, 0.29) is 12.0 Å². The van der Waals surface area contributed by atoms with Crippen LogP contribution in [0.1, 0.15) is 22.0 Å². The first-order valence-electron chi connectivity index (χ1n) is 5.87. The summed E-state index contributed by atoms with van der Waals surface area (Å²) in [6, 6.07) is 3.39. The van der Waals surface area contributed by atoms with Crippen LogP contribution >= 0.6 is 27.3 Å². The second-order valence-corrected chi connectivity index (χ2v) is 6.20. The number of nitrogens with two attached hydrogens (primary N) is 1. The van der Waals surface area contributed by atoms with Crippen LogP contribution in [0.5, 0.6) is 0 Å². The lowest BCUT2D eigenvalue weighted by atomic mass is 10.00. The van der Waals surface area contributed by atoms with E-state index < -0.39 is 23.6 Å². The van der Waals surface area contributed by atoms with Gasteiger partial charge in [-0.15, -0.1) is 11.3 Å². The van der Waals surface area contributed by atoms with Gasteiger partial charge in [-0.2, -0.15) is 13.2 Å². The summed E-state index contributed by atoms with van der Waals surface area (Å²) < 4.78 is 52.9. The molecule has 0 bridgehead atoms. The van der Waals surface area contributed by atoms with E-state index in [2.05, 4.69) is 21.4 Å². The number of alkyl halides is 3. The molecule has 114 valence electrons. The quantitative estimate of drug-likeness (QED) is 0.466. The van der Waals surface area contributed by atoms with Gasteiger partial charge in [-0.1, -0.05) is 0 Å². The first-order chi connectivity index (χ1) is 9.82. The molecule has 3 N–H and O–H groups in total. The highest BCUT2D eigenvalue weighted by Gasteiger charge is 2.32. The van der Waals surface area contributed by atoms with Crippen molar-refractivity contribution in [1.82, 2.24) is 5.43 Å². The van der Waals surface area contributed by atoms with Gasteiger partial charge in [0.15, 0.2) is 0 Å². The molecule has 0 saturated carbocycles. The second kappa shape index (κ2) is 6.43. The molecule has 0 spiro atoms. The van der Waals surface area contributed by atoms with Crippen LogP contribution in [0.2, 0.25) is 0 Å². The van der Waals surface area contributed by atoms with Crippen LogP contribution in [-0.4, -0.2) is 0 Å². The van der Waals surface area contributed by atoms with Gasteiger partial charge in [0.2, 0.25) is 0 Å². The van der Waals surface area contributed by atoms with Gasteiger partial charge in [-0.25, -0.2) is 4.39 Å². The molecule has 0 aliphatic rings. The molecule has 0 radical (unpaired) electrons. The highest BCUT2D eigenvalue weighted by molar-refractivity contribution is 9.10. The maximum atomic E-state index is 13.9. The van der Waals surface area contributed by atoms with Crippen molar-refractivity contribution in [2.24, 2.45) is 5.84 Å². The summed E-state index contributed by atoms with van der Waals surface area (Å²) in [6.45, 7) is 0. The fraction of sp³-hybridized carbons (Fsp3) is 0.231. The minimum absolute atomic E-state index is 0.104. The SMILES string of the molecule is NNC(Cc1sccc1Br)c1cc(C(F)(F)F)ccc1F. The van der Waals surface area contributed by atoms with E-state index in [9.17, 15) is 17.6 Å². The summed E-state index contributed by atoms with van der Waals surface area (Å²) in [5, 5.41) is 1.83. The van der Waals surface area contributed by atoms with Crippen molar-refractivity contribution in [2.45, 2.75) is 18.6 Å². The van der Waals surface area contributed by atoms with Crippen LogP contribution in [0.4, 0.5) is 17.6 Å². The van der Waals surface area contributed by atoms with E-state index in [1.54, 1.807) is 0 Å². The molecule has 0 fully saturated rings. The van der Waals surface area contributed by atoms with Crippen molar-refractivity contribution >= 4 is 27.3 Å². The molecule has 2 nitrogen and oxygen atoms in total. The van der Waals surface area contributed by atoms with Crippen LogP contribution in [0.25, 0.3) is 0 Å². The third kappa shape index (κ3) is 3.82. The fourth-order valence-corrected chi connectivity index (χ4v) is 3.46. The van der Waals surface area contributed by atoms with Crippen molar-refractivity contribution in [3.63, 3.8) is 0 Å². The smallest absolute Gasteiger partial charge is 0.271 e. The number of thiophene rings is 1. The minimum Gasteiger partial charge on any atom is -0.271 e. The molecule has 1 unspecified atom stereocenters. The summed E-state index contributed by atoms with van der Waals surface area (Å²) in [6.07, 6.45) is -4.24. The fourth-order valence-electron chi connectivity index (χ4n) is 1.90. The molecule has 8 heteroatoms. The number of benzene rings is 1. The van der Waals surface area contributed by atoms with Gasteiger partial charge in [0.1, 0.15) is 5.82 Å². The van der Waals surface area contributed by atoms with Gasteiger partial charge in [0.25, 0.3) is 0 Å². The molecule has 1 heterocycles. The van der Waals surface area contributed by atoms with Crippen molar-refractivity contribution in [3.05, 3.63) is 55.9 Å². The maximum absolute atomic E-state index is 13.9. The average Bonchev–Trinajstić information content (AvgIpc) is 2.81. The number of halogens is 5. The number of rotatable bonds is 4. The predicted molar refractivity (Wildman–Crippen MR) is 77.2 cm³/mol. The van der Waals surface area contributed by atoms with Crippen LogP contribution in [0.3, 0.4) is 0 Å². The third-order valence-corrected chi connectivity index (χ3v) is 4.93. The summed E-state index contributed by atoms with van der Waals surface area (Å²) >= 11 is 4.75. The first-order valence-corrected chi connectivity index (χ1v) is 7.55. The van der Waals surface area contributed by atoms with Crippen molar-refractivity contribution in [1.29, 1.82) is 0 Å². The molecule has 1 aromatic heterocycles. The van der Waals surface area contributed by atoms with Gasteiger partial charge in [-0.05, 0) is 45.6 Å². The minimum atomic E-state index is -4.52. The van der Waals surface area contributed by atoms with Crippen molar-refractivity contribution in [3.8, 4) is 0 Å². The third-order valence-electron chi connectivity index (χ3n) is 2.98. The zero-order valence-electron chi connectivity index (χ0n) is 10.5. The molecule has 0 aliphatic heterocycles. The van der Waals surface area contributed by atoms with E-state index in [0.29, 0.717) is 6.07 Å². The van der Waals surface area contributed by atoms with Gasteiger partial charge in [0, 0.05) is 21.3 Å². The lowest BCUT2D eigenvalue weighted by molar-refractivity contribution is -0.137. The van der Waals surface area contributed by atoms with Crippen LogP contribution in [0.15, 0.2) is 34.1 Å². The molecule has 0 amide bonds. The van der Waals surface area contributed by atoms with Gasteiger partial charge in [-0.3, -0.25) is 11.3 Å². The highest BCUT2D eigenvalue weighted by atomic mass is 79.9. The Labute approximate surface area is 131 Å². The Hall–Kier alpha value is -0.960. The number of hydrogen-bond donors (Lipinski definition) is 2. The average molecular weight is 383 g/mol. The Balaban J connectivity index is 2.35. The molecule has 2 rings (SSSR count). The molecular weight excluding hydrogens is 372 g/mol. The maximum Gasteiger partial charge on any atom is 0.416 e. The van der Waals surface area contributed by atoms with E-state index in [4.69, 9.17) is 5.84 Å². The molecule has 1 atom stereocenters. The summed E-state index contributed by atoms with van der Waals surface area (Å²) in [7, 11) is 0. The predicted octanol–water partition coefficient (Wildman–Crippen LogP) is 4.42. The lowest BCUT2D eigenvalue weighted by Gasteiger charge is -2.18. The number of nitrogens with one attached hydrogen (secondary N) is 1. The first kappa shape index (κ1) is 16.4. The number of hydrazine groups is 1. The number of hydrogen-bond acceptors (Lipinski definition) is 3. The van der Waals surface area contributed by atoms with Gasteiger partial charge < -0.3 is 0 Å². The monoisotopic (exact) mass is 382 g/mol. The molecular formula is C13H11BrF4N2S. The summed E-state index contributed by atoms with van der Waals surface area (Å²) in [4.78, 5) is 0.870. The molecule has 0 saturated heterocycles. The van der Waals surface area contributed by atoms with Crippen LogP contribution < -0.4 is 11.3 Å². The molecule has 0 aliphatic carbocycles. The van der Waals surface area contributed by atoms with Crippen molar-refractivity contribution < 1.29 is 17.6 Å². The van der Waals surface area contributed by atoms with E-state index >= 15 is 0 Å².